The summed E-state index contributed by atoms with van der Waals surface area (Å²) in [7, 11) is 0. The summed E-state index contributed by atoms with van der Waals surface area (Å²) in [5.74, 6) is 0.834. The zero-order valence-corrected chi connectivity index (χ0v) is 12.4. The fourth-order valence-electron chi connectivity index (χ4n) is 2.46. The third kappa shape index (κ3) is 3.31. The summed E-state index contributed by atoms with van der Waals surface area (Å²) in [6.45, 7) is 6.28. The Morgan fingerprint density at radius 2 is 1.86 bits per heavy atom. The second-order valence-electron chi connectivity index (χ2n) is 5.86. The molecular weight excluding hydrogens is 279 g/mol. The van der Waals surface area contributed by atoms with Crippen LogP contribution in [0, 0.1) is 5.92 Å². The molecule has 0 fully saturated rings. The van der Waals surface area contributed by atoms with Gasteiger partial charge in [0.2, 0.25) is 5.95 Å². The quantitative estimate of drug-likeness (QED) is 0.894. The first-order chi connectivity index (χ1) is 9.70. The minimum absolute atomic E-state index is 0.106. The number of halogens is 3. The van der Waals surface area contributed by atoms with E-state index >= 15 is 0 Å². The van der Waals surface area contributed by atoms with Gasteiger partial charge in [0.05, 0.1) is 16.6 Å². The Morgan fingerprint density at radius 3 is 2.43 bits per heavy atom. The number of anilines is 1. The molecule has 0 saturated heterocycles. The molecule has 3 nitrogen and oxygen atoms in total. The van der Waals surface area contributed by atoms with Crippen LogP contribution in [0.25, 0.3) is 11.0 Å². The highest BCUT2D eigenvalue weighted by molar-refractivity contribution is 5.79. The Bertz CT molecular complexity index is 629. The number of nitrogens with two attached hydrogens (primary N) is 1. The molecule has 0 amide bonds. The summed E-state index contributed by atoms with van der Waals surface area (Å²) in [5.41, 5.74) is 6.13. The van der Waals surface area contributed by atoms with E-state index < -0.39 is 11.7 Å². The van der Waals surface area contributed by atoms with E-state index in [9.17, 15) is 13.2 Å². The van der Waals surface area contributed by atoms with Crippen molar-refractivity contribution in [2.45, 2.75) is 45.8 Å². The van der Waals surface area contributed by atoms with Crippen molar-refractivity contribution < 1.29 is 13.2 Å². The van der Waals surface area contributed by atoms with Crippen LogP contribution in [-0.4, -0.2) is 9.55 Å². The van der Waals surface area contributed by atoms with Crippen LogP contribution in [0.1, 0.15) is 45.2 Å². The lowest BCUT2D eigenvalue weighted by molar-refractivity contribution is -0.137. The molecule has 21 heavy (non-hydrogen) atoms. The first-order valence-corrected chi connectivity index (χ1v) is 7.04. The number of benzene rings is 1. The molecule has 1 atom stereocenters. The molecule has 1 unspecified atom stereocenters. The standard InChI is InChI=1S/C15H20F3N3/c1-9(2)4-5-10(3)21-13-7-6-11(15(16,17)18)8-12(13)20-14(21)19/h6-10H,4-5H2,1-3H3,(H2,19,20). The van der Waals surface area contributed by atoms with E-state index in [-0.39, 0.29) is 12.0 Å². The maximum Gasteiger partial charge on any atom is 0.416 e. The van der Waals surface area contributed by atoms with Crippen LogP contribution >= 0.6 is 0 Å². The van der Waals surface area contributed by atoms with Crippen molar-refractivity contribution in [1.82, 2.24) is 9.55 Å². The van der Waals surface area contributed by atoms with Gasteiger partial charge in [-0.25, -0.2) is 4.98 Å². The molecule has 1 aromatic carbocycles. The van der Waals surface area contributed by atoms with E-state index in [1.54, 1.807) is 0 Å². The van der Waals surface area contributed by atoms with Crippen LogP contribution in [0.5, 0.6) is 0 Å². The molecule has 0 saturated carbocycles. The monoisotopic (exact) mass is 299 g/mol. The Balaban J connectivity index is 2.39. The fraction of sp³-hybridized carbons (Fsp3) is 0.533. The Labute approximate surface area is 122 Å². The van der Waals surface area contributed by atoms with E-state index in [0.29, 0.717) is 17.0 Å². The molecule has 6 heteroatoms. The van der Waals surface area contributed by atoms with E-state index in [4.69, 9.17) is 5.73 Å². The van der Waals surface area contributed by atoms with Gasteiger partial charge in [0.1, 0.15) is 0 Å². The first-order valence-electron chi connectivity index (χ1n) is 7.04. The van der Waals surface area contributed by atoms with Crippen LogP contribution < -0.4 is 5.73 Å². The highest BCUT2D eigenvalue weighted by Crippen LogP contribution is 2.33. The Morgan fingerprint density at radius 1 is 1.19 bits per heavy atom. The molecule has 0 radical (unpaired) electrons. The average molecular weight is 299 g/mol. The summed E-state index contributed by atoms with van der Waals surface area (Å²) in [6, 6.07) is 3.69. The Hall–Kier alpha value is -1.72. The molecule has 2 rings (SSSR count). The molecule has 2 aromatic rings. The number of nitrogens with zero attached hydrogens (tertiary/aromatic N) is 2. The van der Waals surface area contributed by atoms with Crippen molar-refractivity contribution in [1.29, 1.82) is 0 Å². The van der Waals surface area contributed by atoms with Crippen LogP contribution in [0.4, 0.5) is 19.1 Å². The topological polar surface area (TPSA) is 43.8 Å². The number of alkyl halides is 3. The smallest absolute Gasteiger partial charge is 0.369 e. The fourth-order valence-corrected chi connectivity index (χ4v) is 2.46. The molecule has 2 N–H and O–H groups in total. The SMILES string of the molecule is CC(C)CCC(C)n1c(N)nc2cc(C(F)(F)F)ccc21. The maximum atomic E-state index is 12.7. The molecule has 0 aliphatic heterocycles. The predicted octanol–water partition coefficient (Wildman–Crippen LogP) is 4.63. The maximum absolute atomic E-state index is 12.7. The van der Waals surface area contributed by atoms with Crippen LogP contribution in [0.3, 0.4) is 0 Å². The number of rotatable bonds is 4. The molecule has 1 aromatic heterocycles. The van der Waals surface area contributed by atoms with Gasteiger partial charge < -0.3 is 10.3 Å². The van der Waals surface area contributed by atoms with Gasteiger partial charge in [-0.3, -0.25) is 0 Å². The zero-order valence-electron chi connectivity index (χ0n) is 12.4. The second-order valence-corrected chi connectivity index (χ2v) is 5.86. The molecule has 0 spiro atoms. The summed E-state index contributed by atoms with van der Waals surface area (Å²) in [5, 5.41) is 0. The molecule has 0 aliphatic rings. The summed E-state index contributed by atoms with van der Waals surface area (Å²) in [4.78, 5) is 4.08. The van der Waals surface area contributed by atoms with Crippen molar-refractivity contribution in [3.63, 3.8) is 0 Å². The first kappa shape index (κ1) is 15.7. The van der Waals surface area contributed by atoms with Crippen molar-refractivity contribution in [3.8, 4) is 0 Å². The Kier molecular flexibility index (Phi) is 4.16. The highest BCUT2D eigenvalue weighted by Gasteiger charge is 2.31. The van der Waals surface area contributed by atoms with Gasteiger partial charge >= 0.3 is 6.18 Å². The lowest BCUT2D eigenvalue weighted by Crippen LogP contribution is -2.10. The molecule has 116 valence electrons. The second kappa shape index (κ2) is 5.58. The van der Waals surface area contributed by atoms with Gasteiger partial charge in [0.15, 0.2) is 0 Å². The molecule has 0 bridgehead atoms. The lowest BCUT2D eigenvalue weighted by atomic mass is 10.0. The number of nitrogen functional groups attached to an aromatic ring is 1. The van der Waals surface area contributed by atoms with E-state index in [0.717, 1.165) is 25.0 Å². The van der Waals surface area contributed by atoms with E-state index in [1.807, 2.05) is 11.5 Å². The number of hydrogen-bond acceptors (Lipinski definition) is 2. The van der Waals surface area contributed by atoms with Crippen molar-refractivity contribution >= 4 is 17.0 Å². The minimum Gasteiger partial charge on any atom is -0.369 e. The summed E-state index contributed by atoms with van der Waals surface area (Å²) in [6.07, 6.45) is -2.43. The number of imidazole rings is 1. The van der Waals surface area contributed by atoms with Gasteiger partial charge in [-0.2, -0.15) is 13.2 Å². The highest BCUT2D eigenvalue weighted by atomic mass is 19.4. The van der Waals surface area contributed by atoms with Crippen LogP contribution in [0.15, 0.2) is 18.2 Å². The van der Waals surface area contributed by atoms with Gasteiger partial charge in [-0.15, -0.1) is 0 Å². The van der Waals surface area contributed by atoms with Crippen molar-refractivity contribution in [2.24, 2.45) is 5.92 Å². The van der Waals surface area contributed by atoms with E-state index in [1.165, 1.54) is 6.07 Å². The van der Waals surface area contributed by atoms with Gasteiger partial charge in [0, 0.05) is 6.04 Å². The van der Waals surface area contributed by atoms with Crippen molar-refractivity contribution in [2.75, 3.05) is 5.73 Å². The largest absolute Gasteiger partial charge is 0.416 e. The van der Waals surface area contributed by atoms with E-state index in [2.05, 4.69) is 18.8 Å². The number of aromatic nitrogens is 2. The van der Waals surface area contributed by atoms with Crippen LogP contribution in [0.2, 0.25) is 0 Å². The lowest BCUT2D eigenvalue weighted by Gasteiger charge is -2.17. The van der Waals surface area contributed by atoms with Gasteiger partial charge in [-0.1, -0.05) is 13.8 Å². The minimum atomic E-state index is -4.37. The van der Waals surface area contributed by atoms with Gasteiger partial charge in [-0.05, 0) is 43.9 Å². The summed E-state index contributed by atoms with van der Waals surface area (Å²) >= 11 is 0. The zero-order chi connectivity index (χ0) is 15.8. The van der Waals surface area contributed by atoms with Gasteiger partial charge in [0.25, 0.3) is 0 Å². The van der Waals surface area contributed by atoms with Crippen LogP contribution in [-0.2, 0) is 6.18 Å². The molecule has 0 aliphatic carbocycles. The average Bonchev–Trinajstić information content (AvgIpc) is 2.69. The predicted molar refractivity (Wildman–Crippen MR) is 77.9 cm³/mol. The molecular formula is C15H20F3N3. The third-order valence-corrected chi connectivity index (χ3v) is 3.65. The van der Waals surface area contributed by atoms with Crippen molar-refractivity contribution in [3.05, 3.63) is 23.8 Å². The molecule has 1 heterocycles. The summed E-state index contributed by atoms with van der Waals surface area (Å²) < 4.78 is 40.0. The normalized spacial score (nSPS) is 14.0. The number of hydrogen-bond donors (Lipinski definition) is 1. The third-order valence-electron chi connectivity index (χ3n) is 3.65. The number of fused-ring (bicyclic) bond motifs is 1.